The maximum Gasteiger partial charge on any atom is 0.282 e. The van der Waals surface area contributed by atoms with E-state index in [4.69, 9.17) is 0 Å². The lowest BCUT2D eigenvalue weighted by molar-refractivity contribution is 0.334. The van der Waals surface area contributed by atoms with Gasteiger partial charge in [0.2, 0.25) is 0 Å². The standard InChI is InChI=1S/C15H27N5O2S/c1-6-19(7-2)23(21,22)20-10-8-9-14(20)13-11-15(18(4)5)17-12(3)16-13/h11,14H,6-10H2,1-5H3. The molecule has 2 rings (SSSR count). The fourth-order valence-electron chi connectivity index (χ4n) is 2.98. The highest BCUT2D eigenvalue weighted by Gasteiger charge is 2.38. The highest BCUT2D eigenvalue weighted by molar-refractivity contribution is 7.86. The van der Waals surface area contributed by atoms with Crippen molar-refractivity contribution in [1.82, 2.24) is 18.6 Å². The van der Waals surface area contributed by atoms with Crippen LogP contribution in [-0.2, 0) is 10.2 Å². The molecule has 0 aromatic carbocycles. The van der Waals surface area contributed by atoms with E-state index in [0.29, 0.717) is 25.5 Å². The van der Waals surface area contributed by atoms with Crippen molar-refractivity contribution in [2.45, 2.75) is 39.7 Å². The second kappa shape index (κ2) is 7.11. The third kappa shape index (κ3) is 3.64. The zero-order valence-corrected chi connectivity index (χ0v) is 15.5. The number of hydrogen-bond donors (Lipinski definition) is 0. The van der Waals surface area contributed by atoms with E-state index >= 15 is 0 Å². The third-order valence-electron chi connectivity index (χ3n) is 4.18. The fourth-order valence-corrected chi connectivity index (χ4v) is 4.83. The molecule has 1 fully saturated rings. The van der Waals surface area contributed by atoms with Gasteiger partial charge in [0.05, 0.1) is 11.7 Å². The van der Waals surface area contributed by atoms with E-state index < -0.39 is 10.2 Å². The van der Waals surface area contributed by atoms with Gasteiger partial charge < -0.3 is 4.90 Å². The van der Waals surface area contributed by atoms with Crippen LogP contribution >= 0.6 is 0 Å². The first-order chi connectivity index (χ1) is 10.8. The van der Waals surface area contributed by atoms with Gasteiger partial charge in [-0.15, -0.1) is 0 Å². The Morgan fingerprint density at radius 1 is 1.26 bits per heavy atom. The van der Waals surface area contributed by atoms with Crippen molar-refractivity contribution in [2.75, 3.05) is 38.6 Å². The molecule has 8 heteroatoms. The molecule has 0 spiro atoms. The third-order valence-corrected chi connectivity index (χ3v) is 6.37. The number of aromatic nitrogens is 2. The van der Waals surface area contributed by atoms with Gasteiger partial charge in [-0.25, -0.2) is 9.97 Å². The molecule has 0 amide bonds. The molecule has 1 atom stereocenters. The average molecular weight is 341 g/mol. The number of hydrogen-bond acceptors (Lipinski definition) is 5. The van der Waals surface area contributed by atoms with Crippen molar-refractivity contribution >= 4 is 16.0 Å². The zero-order valence-electron chi connectivity index (χ0n) is 14.7. The first-order valence-electron chi connectivity index (χ1n) is 8.11. The van der Waals surface area contributed by atoms with E-state index in [1.807, 2.05) is 45.8 Å². The molecule has 1 aromatic heterocycles. The Morgan fingerprint density at radius 2 is 1.91 bits per heavy atom. The smallest absolute Gasteiger partial charge is 0.282 e. The van der Waals surface area contributed by atoms with Gasteiger partial charge in [-0.1, -0.05) is 13.8 Å². The summed E-state index contributed by atoms with van der Waals surface area (Å²) in [6.45, 7) is 7.08. The number of nitrogens with zero attached hydrogens (tertiary/aromatic N) is 5. The normalized spacial score (nSPS) is 19.5. The second-order valence-corrected chi connectivity index (χ2v) is 7.83. The second-order valence-electron chi connectivity index (χ2n) is 5.95. The topological polar surface area (TPSA) is 69.6 Å². The Labute approximate surface area is 139 Å². The molecule has 1 saturated heterocycles. The summed E-state index contributed by atoms with van der Waals surface area (Å²) in [6.07, 6.45) is 1.65. The van der Waals surface area contributed by atoms with E-state index in [1.54, 1.807) is 4.31 Å². The van der Waals surface area contributed by atoms with Gasteiger partial charge in [0, 0.05) is 39.8 Å². The van der Waals surface area contributed by atoms with Crippen molar-refractivity contribution in [1.29, 1.82) is 0 Å². The summed E-state index contributed by atoms with van der Waals surface area (Å²) in [7, 11) is 0.391. The van der Waals surface area contributed by atoms with E-state index in [9.17, 15) is 8.42 Å². The predicted molar refractivity (Wildman–Crippen MR) is 91.6 cm³/mol. The maximum absolute atomic E-state index is 12.9. The molecule has 1 unspecified atom stereocenters. The Kier molecular flexibility index (Phi) is 5.59. The summed E-state index contributed by atoms with van der Waals surface area (Å²) in [4.78, 5) is 10.8. The molecule has 0 radical (unpaired) electrons. The van der Waals surface area contributed by atoms with Gasteiger partial charge in [-0.05, 0) is 19.8 Å². The number of rotatable bonds is 6. The lowest BCUT2D eigenvalue weighted by Gasteiger charge is -2.29. The molecule has 0 saturated carbocycles. The minimum absolute atomic E-state index is 0.207. The van der Waals surface area contributed by atoms with Crippen LogP contribution in [0.5, 0.6) is 0 Å². The van der Waals surface area contributed by atoms with Gasteiger partial charge in [0.25, 0.3) is 10.2 Å². The average Bonchev–Trinajstić information content (AvgIpc) is 2.97. The summed E-state index contributed by atoms with van der Waals surface area (Å²) < 4.78 is 28.9. The zero-order chi connectivity index (χ0) is 17.2. The first-order valence-corrected chi connectivity index (χ1v) is 9.50. The van der Waals surface area contributed by atoms with Crippen LogP contribution in [0.4, 0.5) is 5.82 Å². The molecule has 7 nitrogen and oxygen atoms in total. The maximum atomic E-state index is 12.9. The van der Waals surface area contributed by atoms with Crippen molar-refractivity contribution in [3.8, 4) is 0 Å². The number of anilines is 1. The first kappa shape index (κ1) is 18.1. The lowest BCUT2D eigenvalue weighted by Crippen LogP contribution is -2.43. The Balaban J connectivity index is 2.39. The summed E-state index contributed by atoms with van der Waals surface area (Å²) >= 11 is 0. The molecule has 23 heavy (non-hydrogen) atoms. The Morgan fingerprint density at radius 3 is 2.48 bits per heavy atom. The number of aryl methyl sites for hydroxylation is 1. The summed E-state index contributed by atoms with van der Waals surface area (Å²) in [6, 6.07) is 1.69. The fraction of sp³-hybridized carbons (Fsp3) is 0.733. The van der Waals surface area contributed by atoms with Crippen molar-refractivity contribution in [3.05, 3.63) is 17.6 Å². The summed E-state index contributed by atoms with van der Waals surface area (Å²) in [5.41, 5.74) is 0.787. The quantitative estimate of drug-likeness (QED) is 0.786. The Bertz CT molecular complexity index is 643. The van der Waals surface area contributed by atoms with Gasteiger partial charge in [0.15, 0.2) is 0 Å². The van der Waals surface area contributed by atoms with Crippen LogP contribution in [0.3, 0.4) is 0 Å². The molecule has 0 bridgehead atoms. The molecule has 1 aliphatic heterocycles. The summed E-state index contributed by atoms with van der Waals surface area (Å²) in [5, 5.41) is 0. The van der Waals surface area contributed by atoms with Crippen LogP contribution in [0.15, 0.2) is 6.07 Å². The molecule has 1 aliphatic rings. The van der Waals surface area contributed by atoms with E-state index in [2.05, 4.69) is 9.97 Å². The lowest BCUT2D eigenvalue weighted by atomic mass is 10.1. The van der Waals surface area contributed by atoms with Gasteiger partial charge in [-0.3, -0.25) is 0 Å². The van der Waals surface area contributed by atoms with Crippen LogP contribution in [0, 0.1) is 6.92 Å². The van der Waals surface area contributed by atoms with Crippen molar-refractivity contribution < 1.29 is 8.42 Å². The predicted octanol–water partition coefficient (Wildman–Crippen LogP) is 1.57. The SMILES string of the molecule is CCN(CC)S(=O)(=O)N1CCCC1c1cc(N(C)C)nc(C)n1. The van der Waals surface area contributed by atoms with Crippen LogP contribution in [0.2, 0.25) is 0 Å². The van der Waals surface area contributed by atoms with E-state index in [1.165, 1.54) is 4.31 Å². The van der Waals surface area contributed by atoms with Crippen molar-refractivity contribution in [2.24, 2.45) is 0 Å². The van der Waals surface area contributed by atoms with Gasteiger partial charge in [-0.2, -0.15) is 17.0 Å². The monoisotopic (exact) mass is 341 g/mol. The van der Waals surface area contributed by atoms with Crippen LogP contribution in [-0.4, -0.2) is 60.7 Å². The summed E-state index contributed by atoms with van der Waals surface area (Å²) in [5.74, 6) is 1.47. The molecular formula is C15H27N5O2S. The van der Waals surface area contributed by atoms with Crippen molar-refractivity contribution in [3.63, 3.8) is 0 Å². The van der Waals surface area contributed by atoms with E-state index in [0.717, 1.165) is 24.4 Å². The molecule has 0 N–H and O–H groups in total. The van der Waals surface area contributed by atoms with Crippen LogP contribution in [0.1, 0.15) is 44.2 Å². The minimum Gasteiger partial charge on any atom is -0.363 e. The molecule has 2 heterocycles. The van der Waals surface area contributed by atoms with Gasteiger partial charge >= 0.3 is 0 Å². The van der Waals surface area contributed by atoms with E-state index in [-0.39, 0.29) is 6.04 Å². The highest BCUT2D eigenvalue weighted by Crippen LogP contribution is 2.35. The molecular weight excluding hydrogens is 314 g/mol. The highest BCUT2D eigenvalue weighted by atomic mass is 32.2. The molecule has 0 aliphatic carbocycles. The van der Waals surface area contributed by atoms with Crippen LogP contribution in [0.25, 0.3) is 0 Å². The van der Waals surface area contributed by atoms with Gasteiger partial charge in [0.1, 0.15) is 11.6 Å². The Hall–Kier alpha value is -1.25. The minimum atomic E-state index is -3.45. The molecule has 130 valence electrons. The van der Waals surface area contributed by atoms with Crippen LogP contribution < -0.4 is 4.90 Å². The largest absolute Gasteiger partial charge is 0.363 e. The molecule has 1 aromatic rings.